The van der Waals surface area contributed by atoms with Crippen LogP contribution >= 0.6 is 11.3 Å². The van der Waals surface area contributed by atoms with E-state index in [1.807, 2.05) is 0 Å². The summed E-state index contributed by atoms with van der Waals surface area (Å²) in [5, 5.41) is 21.4. The van der Waals surface area contributed by atoms with Crippen molar-refractivity contribution in [1.82, 2.24) is 4.57 Å². The molecule has 0 bridgehead atoms. The normalized spacial score (nSPS) is 16.5. The Kier molecular flexibility index (Phi) is 5.80. The lowest BCUT2D eigenvalue weighted by Gasteiger charge is -2.24. The number of aromatic hydroxyl groups is 1. The van der Waals surface area contributed by atoms with Crippen LogP contribution in [0.4, 0.5) is 5.69 Å². The molecular formula is C24H19N3O8S. The molecule has 36 heavy (non-hydrogen) atoms. The van der Waals surface area contributed by atoms with Gasteiger partial charge in [-0.3, -0.25) is 19.5 Å². The van der Waals surface area contributed by atoms with Crippen molar-refractivity contribution in [3.8, 4) is 17.2 Å². The number of aromatic nitrogens is 1. The van der Waals surface area contributed by atoms with E-state index >= 15 is 0 Å². The van der Waals surface area contributed by atoms with Gasteiger partial charge in [0.25, 0.3) is 11.2 Å². The van der Waals surface area contributed by atoms with Crippen LogP contribution in [0.1, 0.15) is 31.0 Å². The van der Waals surface area contributed by atoms with Crippen molar-refractivity contribution in [3.63, 3.8) is 0 Å². The predicted molar refractivity (Wildman–Crippen MR) is 128 cm³/mol. The highest BCUT2D eigenvalue weighted by molar-refractivity contribution is 7.07. The van der Waals surface area contributed by atoms with E-state index in [1.54, 1.807) is 32.0 Å². The molecule has 1 atom stereocenters. The summed E-state index contributed by atoms with van der Waals surface area (Å²) in [6, 6.07) is 7.82. The van der Waals surface area contributed by atoms with Crippen molar-refractivity contribution in [2.75, 3.05) is 13.4 Å². The molecule has 2 aliphatic rings. The van der Waals surface area contributed by atoms with Gasteiger partial charge in [-0.1, -0.05) is 17.4 Å². The summed E-state index contributed by atoms with van der Waals surface area (Å²) in [5.41, 5.74) is 0.569. The SMILES string of the molecule is CCOC(=O)C1=C(C)N=c2s/c(=C\c3cc([N+](=O)[O-])ccc3O)c(=O)n2[C@H]1c1ccc2c(c1)OCO2. The summed E-state index contributed by atoms with van der Waals surface area (Å²) in [6.07, 6.45) is 1.37. The van der Waals surface area contributed by atoms with Gasteiger partial charge < -0.3 is 19.3 Å². The van der Waals surface area contributed by atoms with Crippen molar-refractivity contribution in [2.24, 2.45) is 4.99 Å². The lowest BCUT2D eigenvalue weighted by atomic mass is 9.95. The Morgan fingerprint density at radius 1 is 1.31 bits per heavy atom. The number of nitro benzene ring substituents is 1. The molecule has 184 valence electrons. The van der Waals surface area contributed by atoms with Crippen LogP contribution in [0.15, 0.2) is 57.5 Å². The Labute approximate surface area is 207 Å². The van der Waals surface area contributed by atoms with Gasteiger partial charge in [-0.2, -0.15) is 0 Å². The average Bonchev–Trinajstić information content (AvgIpc) is 3.43. The zero-order valence-corrected chi connectivity index (χ0v) is 19.9. The smallest absolute Gasteiger partial charge is 0.338 e. The molecule has 12 heteroatoms. The quantitative estimate of drug-likeness (QED) is 0.313. The number of hydrogen-bond acceptors (Lipinski definition) is 10. The fourth-order valence-corrected chi connectivity index (χ4v) is 5.14. The van der Waals surface area contributed by atoms with Crippen molar-refractivity contribution in [1.29, 1.82) is 0 Å². The third kappa shape index (κ3) is 3.90. The Balaban J connectivity index is 1.73. The highest BCUT2D eigenvalue weighted by atomic mass is 32.1. The number of carbonyl (C=O) groups is 1. The van der Waals surface area contributed by atoms with E-state index in [1.165, 1.54) is 28.8 Å². The van der Waals surface area contributed by atoms with E-state index in [0.717, 1.165) is 11.3 Å². The van der Waals surface area contributed by atoms with Crippen LogP contribution in [0.2, 0.25) is 0 Å². The molecule has 0 amide bonds. The van der Waals surface area contributed by atoms with Crippen molar-refractivity contribution >= 4 is 29.1 Å². The number of allylic oxidation sites excluding steroid dienone is 1. The van der Waals surface area contributed by atoms with Crippen LogP contribution in [-0.2, 0) is 9.53 Å². The molecule has 0 unspecified atom stereocenters. The Morgan fingerprint density at radius 3 is 2.83 bits per heavy atom. The number of esters is 1. The minimum Gasteiger partial charge on any atom is -0.507 e. The third-order valence-corrected chi connectivity index (χ3v) is 6.72. The van der Waals surface area contributed by atoms with Gasteiger partial charge in [0, 0.05) is 17.7 Å². The molecule has 1 N–H and O–H groups in total. The van der Waals surface area contributed by atoms with Crippen LogP contribution in [-0.4, -0.2) is 34.0 Å². The van der Waals surface area contributed by atoms with Crippen molar-refractivity contribution in [3.05, 3.63) is 88.6 Å². The van der Waals surface area contributed by atoms with Crippen LogP contribution in [0.25, 0.3) is 6.08 Å². The molecule has 11 nitrogen and oxygen atoms in total. The molecule has 5 rings (SSSR count). The number of nitrogens with zero attached hydrogens (tertiary/aromatic N) is 3. The number of nitro groups is 1. The number of benzene rings is 2. The summed E-state index contributed by atoms with van der Waals surface area (Å²) in [6.45, 7) is 3.55. The van der Waals surface area contributed by atoms with E-state index in [-0.39, 0.29) is 40.5 Å². The maximum atomic E-state index is 13.6. The molecule has 0 radical (unpaired) electrons. The second kappa shape index (κ2) is 8.96. The first-order valence-electron chi connectivity index (χ1n) is 10.8. The predicted octanol–water partition coefficient (Wildman–Crippen LogP) is 2.14. The fourth-order valence-electron chi connectivity index (χ4n) is 4.10. The number of fused-ring (bicyclic) bond motifs is 2. The molecule has 2 aliphatic heterocycles. The second-order valence-electron chi connectivity index (χ2n) is 7.92. The summed E-state index contributed by atoms with van der Waals surface area (Å²) in [7, 11) is 0. The number of carbonyl (C=O) groups excluding carboxylic acids is 1. The number of ether oxygens (including phenoxy) is 3. The largest absolute Gasteiger partial charge is 0.507 e. The van der Waals surface area contributed by atoms with E-state index in [4.69, 9.17) is 14.2 Å². The van der Waals surface area contributed by atoms with E-state index in [2.05, 4.69) is 4.99 Å². The summed E-state index contributed by atoms with van der Waals surface area (Å²) in [5.74, 6) is 0.203. The number of hydrogen-bond donors (Lipinski definition) is 1. The first kappa shape index (κ1) is 23.3. The van der Waals surface area contributed by atoms with E-state index in [9.17, 15) is 24.8 Å². The van der Waals surface area contributed by atoms with Crippen molar-refractivity contribution in [2.45, 2.75) is 19.9 Å². The summed E-state index contributed by atoms with van der Waals surface area (Å²) in [4.78, 5) is 42.0. The van der Waals surface area contributed by atoms with Gasteiger partial charge >= 0.3 is 5.97 Å². The lowest BCUT2D eigenvalue weighted by Crippen LogP contribution is -2.39. The highest BCUT2D eigenvalue weighted by Crippen LogP contribution is 2.38. The van der Waals surface area contributed by atoms with Crippen LogP contribution in [0.5, 0.6) is 17.2 Å². The minimum absolute atomic E-state index is 0.0633. The standard InChI is InChI=1S/C24H19N3O8S/c1-3-33-23(30)20-12(2)25-24-26(21(20)13-4-7-17-18(9-13)35-11-34-17)22(29)19(36-24)10-14-8-15(27(31)32)5-6-16(14)28/h4-10,21,28H,3,11H2,1-2H3/b19-10-/t21-/m0/s1. The van der Waals surface area contributed by atoms with Gasteiger partial charge in [0.2, 0.25) is 6.79 Å². The monoisotopic (exact) mass is 509 g/mol. The van der Waals surface area contributed by atoms with Gasteiger partial charge in [0.05, 0.1) is 33.4 Å². The topological polar surface area (TPSA) is 142 Å². The maximum Gasteiger partial charge on any atom is 0.338 e. The first-order valence-corrected chi connectivity index (χ1v) is 11.7. The molecule has 3 heterocycles. The van der Waals surface area contributed by atoms with Crippen LogP contribution < -0.4 is 24.4 Å². The van der Waals surface area contributed by atoms with Crippen LogP contribution in [0.3, 0.4) is 0 Å². The Hall–Kier alpha value is -4.45. The number of phenolic OH excluding ortho intramolecular Hbond substituents is 1. The first-order chi connectivity index (χ1) is 17.3. The second-order valence-corrected chi connectivity index (χ2v) is 8.92. The molecule has 0 fully saturated rings. The number of thiazole rings is 1. The van der Waals surface area contributed by atoms with Gasteiger partial charge in [0.1, 0.15) is 5.75 Å². The molecule has 0 saturated heterocycles. The van der Waals surface area contributed by atoms with Gasteiger partial charge in [-0.25, -0.2) is 9.79 Å². The molecule has 0 saturated carbocycles. The molecular weight excluding hydrogens is 490 g/mol. The van der Waals surface area contributed by atoms with Crippen molar-refractivity contribution < 1.29 is 29.0 Å². The van der Waals surface area contributed by atoms with E-state index in [0.29, 0.717) is 27.6 Å². The third-order valence-electron chi connectivity index (χ3n) is 5.74. The van der Waals surface area contributed by atoms with Gasteiger partial charge in [-0.15, -0.1) is 0 Å². The number of non-ortho nitro benzene ring substituents is 1. The minimum atomic E-state index is -0.865. The number of phenols is 1. The summed E-state index contributed by atoms with van der Waals surface area (Å²) >= 11 is 1.04. The Morgan fingerprint density at radius 2 is 2.08 bits per heavy atom. The van der Waals surface area contributed by atoms with Gasteiger partial charge in [-0.05, 0) is 43.7 Å². The highest BCUT2D eigenvalue weighted by Gasteiger charge is 2.34. The van der Waals surface area contributed by atoms with Crippen LogP contribution in [0, 0.1) is 10.1 Å². The van der Waals surface area contributed by atoms with Gasteiger partial charge in [0.15, 0.2) is 16.3 Å². The molecule has 2 aromatic carbocycles. The number of rotatable bonds is 5. The fraction of sp³-hybridized carbons (Fsp3) is 0.208. The molecule has 0 spiro atoms. The lowest BCUT2D eigenvalue weighted by molar-refractivity contribution is -0.384. The molecule has 0 aliphatic carbocycles. The average molecular weight is 509 g/mol. The zero-order valence-electron chi connectivity index (χ0n) is 19.1. The molecule has 3 aromatic rings. The summed E-state index contributed by atoms with van der Waals surface area (Å²) < 4.78 is 17.7. The Bertz CT molecular complexity index is 1640. The maximum absolute atomic E-state index is 13.6. The zero-order chi connectivity index (χ0) is 25.6. The van der Waals surface area contributed by atoms with E-state index < -0.39 is 22.5 Å². The molecule has 1 aromatic heterocycles.